The fraction of sp³-hybridized carbons (Fsp3) is 0.945. The van der Waals surface area contributed by atoms with Gasteiger partial charge in [-0.2, -0.15) is 0 Å². The van der Waals surface area contributed by atoms with E-state index in [9.17, 15) is 14.4 Å². The molecule has 62 heavy (non-hydrogen) atoms. The molecule has 4 rings (SSSR count). The molecule has 3 saturated heterocycles. The van der Waals surface area contributed by atoms with Gasteiger partial charge in [-0.1, -0.05) is 168 Å². The van der Waals surface area contributed by atoms with E-state index in [1.165, 1.54) is 174 Å². The monoisotopic (exact) mass is 869 g/mol. The number of carbonyl (C=O) groups excluding carboxylic acids is 3. The zero-order valence-electron chi connectivity index (χ0n) is 41.1. The van der Waals surface area contributed by atoms with Crippen molar-refractivity contribution in [1.82, 2.24) is 9.80 Å². The van der Waals surface area contributed by atoms with Gasteiger partial charge < -0.3 is 19.3 Å². The van der Waals surface area contributed by atoms with Gasteiger partial charge in [-0.3, -0.25) is 14.4 Å². The van der Waals surface area contributed by atoms with Crippen LogP contribution in [0, 0.1) is 29.1 Å². The second-order valence-corrected chi connectivity index (χ2v) is 21.3. The summed E-state index contributed by atoms with van der Waals surface area (Å²) in [5, 5.41) is 0. The van der Waals surface area contributed by atoms with E-state index < -0.39 is 0 Å². The Hall–Kier alpha value is -1.63. The van der Waals surface area contributed by atoms with E-state index in [2.05, 4.69) is 23.6 Å². The average molecular weight is 869 g/mol. The van der Waals surface area contributed by atoms with Crippen LogP contribution in [0.3, 0.4) is 0 Å². The Balaban J connectivity index is 1.47. The van der Waals surface area contributed by atoms with E-state index in [-0.39, 0.29) is 11.9 Å². The highest BCUT2D eigenvalue weighted by molar-refractivity contribution is 5.76. The number of esters is 2. The van der Waals surface area contributed by atoms with Gasteiger partial charge in [-0.15, -0.1) is 0 Å². The summed E-state index contributed by atoms with van der Waals surface area (Å²) in [4.78, 5) is 44.5. The van der Waals surface area contributed by atoms with Crippen molar-refractivity contribution >= 4 is 17.8 Å². The summed E-state index contributed by atoms with van der Waals surface area (Å²) in [5.41, 5.74) is 0.432. The van der Waals surface area contributed by atoms with E-state index in [0.717, 1.165) is 95.7 Å². The predicted molar refractivity (Wildman–Crippen MR) is 258 cm³/mol. The summed E-state index contributed by atoms with van der Waals surface area (Å²) in [7, 11) is 0. The third-order valence-corrected chi connectivity index (χ3v) is 16.3. The fourth-order valence-corrected chi connectivity index (χ4v) is 12.0. The Morgan fingerprint density at radius 3 is 1.44 bits per heavy atom. The first-order chi connectivity index (χ1) is 30.4. The van der Waals surface area contributed by atoms with Crippen LogP contribution >= 0.6 is 0 Å². The highest BCUT2D eigenvalue weighted by Gasteiger charge is 2.41. The lowest BCUT2D eigenvalue weighted by Gasteiger charge is -2.29. The summed E-state index contributed by atoms with van der Waals surface area (Å²) in [5.74, 6) is 3.32. The molecular weight excluding hydrogens is 769 g/mol. The Morgan fingerprint density at radius 1 is 0.468 bits per heavy atom. The van der Waals surface area contributed by atoms with Gasteiger partial charge in [0, 0.05) is 45.4 Å². The second kappa shape index (κ2) is 32.9. The maximum Gasteiger partial charge on any atom is 0.305 e. The molecule has 0 aromatic heterocycles. The molecule has 4 aliphatic rings. The summed E-state index contributed by atoms with van der Waals surface area (Å²) in [6, 6.07) is 0. The number of rotatable bonds is 8. The summed E-state index contributed by atoms with van der Waals surface area (Å²) in [6.07, 6.45) is 44.6. The van der Waals surface area contributed by atoms with Crippen molar-refractivity contribution in [2.45, 2.75) is 258 Å². The molecule has 0 aromatic rings. The first-order valence-electron chi connectivity index (χ1n) is 27.7. The molecule has 7 heteroatoms. The van der Waals surface area contributed by atoms with Crippen molar-refractivity contribution in [3.63, 3.8) is 0 Å². The van der Waals surface area contributed by atoms with E-state index in [4.69, 9.17) is 9.47 Å². The van der Waals surface area contributed by atoms with Crippen molar-refractivity contribution in [3.05, 3.63) is 0 Å². The molecule has 5 atom stereocenters. The van der Waals surface area contributed by atoms with Gasteiger partial charge in [0.1, 0.15) is 0 Å². The first-order valence-corrected chi connectivity index (χ1v) is 27.7. The average Bonchev–Trinajstić information content (AvgIpc) is 3.60. The molecule has 7 nitrogen and oxygen atoms in total. The van der Waals surface area contributed by atoms with Gasteiger partial charge >= 0.3 is 11.9 Å². The lowest BCUT2D eigenvalue weighted by molar-refractivity contribution is -0.145. The minimum absolute atomic E-state index is 0.0156. The molecule has 1 amide bonds. The van der Waals surface area contributed by atoms with Crippen LogP contribution in [0.1, 0.15) is 258 Å². The van der Waals surface area contributed by atoms with Crippen molar-refractivity contribution in [3.8, 4) is 0 Å². The SMILES string of the molecule is CCCCCC1CCCCC2CCC34CCC2CCCCC(CCCCC)CCC(=O)OCCCCCCCCN(CCCCCCCCOC(=O)CC1)C(=O)CCN(CC3)C4. The van der Waals surface area contributed by atoms with E-state index >= 15 is 0 Å². The van der Waals surface area contributed by atoms with Gasteiger partial charge in [0.05, 0.1) is 13.2 Å². The lowest BCUT2D eigenvalue weighted by atomic mass is 9.79. The van der Waals surface area contributed by atoms with Crippen molar-refractivity contribution < 1.29 is 23.9 Å². The van der Waals surface area contributed by atoms with Crippen LogP contribution in [0.4, 0.5) is 0 Å². The number of hydrogen-bond acceptors (Lipinski definition) is 6. The number of carbonyl (C=O) groups is 3. The molecule has 1 spiro atoms. The molecule has 4 fully saturated rings. The maximum absolute atomic E-state index is 13.9. The molecular formula is C55H100N2O5. The molecule has 5 bridgehead atoms. The third kappa shape index (κ3) is 22.5. The van der Waals surface area contributed by atoms with Gasteiger partial charge in [0.25, 0.3) is 0 Å². The van der Waals surface area contributed by atoms with Gasteiger partial charge in [-0.25, -0.2) is 0 Å². The van der Waals surface area contributed by atoms with Crippen LogP contribution < -0.4 is 0 Å². The van der Waals surface area contributed by atoms with Gasteiger partial charge in [0.15, 0.2) is 0 Å². The molecule has 0 aromatic carbocycles. The standard InChI is InChI=1S/C55H100N2O5/c1-3-5-15-25-48-27-17-19-29-50-35-38-55-39-36-51(50)30-20-18-28-49(26-16-6-4-2)32-34-54(60)62-46-24-14-10-8-12-22-42-57(52(58)37-43-56(47-55)44-40-55)41-21-11-7-9-13-23-45-61-53(59)33-31-48/h48-51H,3-47H2,1-2H3. The predicted octanol–water partition coefficient (Wildman–Crippen LogP) is 14.6. The highest BCUT2D eigenvalue weighted by Crippen LogP contribution is 2.48. The van der Waals surface area contributed by atoms with Crippen LogP contribution in [0.2, 0.25) is 0 Å². The topological polar surface area (TPSA) is 76.1 Å². The number of nitrogens with zero attached hydrogens (tertiary/aromatic N) is 2. The maximum atomic E-state index is 13.9. The molecule has 3 aliphatic heterocycles. The van der Waals surface area contributed by atoms with Crippen molar-refractivity contribution in [2.75, 3.05) is 45.9 Å². The van der Waals surface area contributed by atoms with Crippen LogP contribution in [-0.2, 0) is 23.9 Å². The molecule has 5 unspecified atom stereocenters. The van der Waals surface area contributed by atoms with Crippen LogP contribution in [0.15, 0.2) is 0 Å². The quantitative estimate of drug-likeness (QED) is 0.179. The Labute approximate surface area is 383 Å². The Bertz CT molecular complexity index is 1110. The number of fused-ring (bicyclic) bond motifs is 8. The molecule has 0 radical (unpaired) electrons. The first kappa shape index (κ1) is 53.0. The summed E-state index contributed by atoms with van der Waals surface area (Å²) >= 11 is 0. The molecule has 360 valence electrons. The highest BCUT2D eigenvalue weighted by atomic mass is 16.5. The molecule has 1 saturated carbocycles. The minimum Gasteiger partial charge on any atom is -0.466 e. The van der Waals surface area contributed by atoms with E-state index in [1.54, 1.807) is 0 Å². The number of hydrogen-bond donors (Lipinski definition) is 0. The zero-order valence-corrected chi connectivity index (χ0v) is 41.1. The Kier molecular flexibility index (Phi) is 28.1. The normalized spacial score (nSPS) is 30.7. The summed E-state index contributed by atoms with van der Waals surface area (Å²) < 4.78 is 11.5. The smallest absolute Gasteiger partial charge is 0.305 e. The Morgan fingerprint density at radius 2 is 0.935 bits per heavy atom. The number of cyclic esters (lactones) is 2. The zero-order chi connectivity index (χ0) is 43.9. The van der Waals surface area contributed by atoms with Gasteiger partial charge in [0.2, 0.25) is 5.91 Å². The summed E-state index contributed by atoms with van der Waals surface area (Å²) in [6.45, 7) is 10.8. The number of amides is 1. The number of ether oxygens (including phenoxy) is 2. The minimum atomic E-state index is 0.0156. The lowest BCUT2D eigenvalue weighted by Crippen LogP contribution is -2.36. The van der Waals surface area contributed by atoms with Crippen molar-refractivity contribution in [2.24, 2.45) is 29.1 Å². The van der Waals surface area contributed by atoms with E-state index in [0.29, 0.717) is 55.6 Å². The van der Waals surface area contributed by atoms with Crippen molar-refractivity contribution in [1.29, 1.82) is 0 Å². The molecule has 3 heterocycles. The molecule has 0 N–H and O–H groups in total. The largest absolute Gasteiger partial charge is 0.466 e. The van der Waals surface area contributed by atoms with Gasteiger partial charge in [-0.05, 0) is 106 Å². The van der Waals surface area contributed by atoms with E-state index in [1.807, 2.05) is 0 Å². The van der Waals surface area contributed by atoms with Crippen LogP contribution in [0.5, 0.6) is 0 Å². The second-order valence-electron chi connectivity index (χ2n) is 21.3. The third-order valence-electron chi connectivity index (χ3n) is 16.3. The fourth-order valence-electron chi connectivity index (χ4n) is 12.0. The van der Waals surface area contributed by atoms with Crippen LogP contribution in [-0.4, -0.2) is 73.6 Å². The van der Waals surface area contributed by atoms with Crippen LogP contribution in [0.25, 0.3) is 0 Å². The number of unbranched alkanes of at least 4 members (excludes halogenated alkanes) is 4. The molecule has 1 aliphatic carbocycles.